The van der Waals surface area contributed by atoms with Gasteiger partial charge in [-0.25, -0.2) is 22.9 Å². The first kappa shape index (κ1) is 14.8. The number of rotatable bonds is 4. The lowest BCUT2D eigenvalue weighted by molar-refractivity contribution is 0.0526. The molecular weight excluding hydrogens is 285 g/mol. The molecule has 1 aromatic heterocycles. The molecule has 0 fully saturated rings. The van der Waals surface area contributed by atoms with Crippen molar-refractivity contribution in [2.45, 2.75) is 6.92 Å². The third-order valence-corrected chi connectivity index (χ3v) is 2.53. The summed E-state index contributed by atoms with van der Waals surface area (Å²) in [6, 6.07) is 4.49. The lowest BCUT2D eigenvalue weighted by atomic mass is 10.2. The Morgan fingerprint density at radius 3 is 2.43 bits per heavy atom. The van der Waals surface area contributed by atoms with Crippen molar-refractivity contribution in [3.63, 3.8) is 0 Å². The summed E-state index contributed by atoms with van der Waals surface area (Å²) in [6.45, 7) is 1.92. The Balaban J connectivity index is 2.15. The smallest absolute Gasteiger partial charge is 0.339 e. The van der Waals surface area contributed by atoms with E-state index in [-0.39, 0.29) is 23.7 Å². The van der Waals surface area contributed by atoms with Gasteiger partial charge in [0.15, 0.2) is 17.5 Å². The predicted octanol–water partition coefficient (Wildman–Crippen LogP) is 3.42. The van der Waals surface area contributed by atoms with Crippen molar-refractivity contribution in [3.8, 4) is 0 Å². The molecule has 110 valence electrons. The van der Waals surface area contributed by atoms with Gasteiger partial charge in [-0.15, -0.1) is 0 Å². The second-order valence-corrected chi connectivity index (χ2v) is 4.03. The van der Waals surface area contributed by atoms with E-state index in [9.17, 15) is 18.0 Å². The highest BCUT2D eigenvalue weighted by Gasteiger charge is 2.11. The van der Waals surface area contributed by atoms with E-state index in [0.29, 0.717) is 0 Å². The molecule has 1 heterocycles. The summed E-state index contributed by atoms with van der Waals surface area (Å²) in [4.78, 5) is 15.3. The van der Waals surface area contributed by atoms with Crippen LogP contribution in [-0.2, 0) is 4.74 Å². The van der Waals surface area contributed by atoms with Gasteiger partial charge in [-0.2, -0.15) is 0 Å². The minimum atomic E-state index is -1.54. The third-order valence-electron chi connectivity index (χ3n) is 2.53. The number of hydrogen-bond acceptors (Lipinski definition) is 4. The largest absolute Gasteiger partial charge is 0.462 e. The summed E-state index contributed by atoms with van der Waals surface area (Å²) < 4.78 is 43.7. The van der Waals surface area contributed by atoms with Crippen molar-refractivity contribution in [2.24, 2.45) is 0 Å². The molecule has 0 spiro atoms. The first-order valence-corrected chi connectivity index (χ1v) is 6.06. The highest BCUT2D eigenvalue weighted by atomic mass is 19.2. The number of halogens is 3. The maximum absolute atomic E-state index is 13.1. The van der Waals surface area contributed by atoms with Gasteiger partial charge in [0.05, 0.1) is 12.2 Å². The highest BCUT2D eigenvalue weighted by Crippen LogP contribution is 2.20. The molecule has 2 aromatic rings. The summed E-state index contributed by atoms with van der Waals surface area (Å²) in [5.74, 6) is -4.42. The molecule has 0 unspecified atom stereocenters. The van der Waals surface area contributed by atoms with Crippen molar-refractivity contribution in [3.05, 3.63) is 53.5 Å². The number of nitrogens with one attached hydrogen (secondary N) is 1. The van der Waals surface area contributed by atoms with Crippen molar-refractivity contribution >= 4 is 17.5 Å². The predicted molar refractivity (Wildman–Crippen MR) is 69.8 cm³/mol. The second kappa shape index (κ2) is 6.25. The molecule has 1 N–H and O–H groups in total. The van der Waals surface area contributed by atoms with Gasteiger partial charge >= 0.3 is 5.97 Å². The van der Waals surface area contributed by atoms with Gasteiger partial charge < -0.3 is 10.1 Å². The molecule has 0 saturated carbocycles. The Bertz CT molecular complexity index is 637. The number of carbonyl (C=O) groups is 1. The fraction of sp³-hybridized carbons (Fsp3) is 0.143. The zero-order valence-corrected chi connectivity index (χ0v) is 11.0. The minimum Gasteiger partial charge on any atom is -0.462 e. The monoisotopic (exact) mass is 296 g/mol. The van der Waals surface area contributed by atoms with Gasteiger partial charge in [0.25, 0.3) is 0 Å². The van der Waals surface area contributed by atoms with E-state index in [4.69, 9.17) is 4.74 Å². The second-order valence-electron chi connectivity index (χ2n) is 4.03. The average molecular weight is 296 g/mol. The molecule has 0 aliphatic rings. The number of pyridine rings is 1. The number of carbonyl (C=O) groups excluding carboxylic acids is 1. The first-order chi connectivity index (χ1) is 10.0. The van der Waals surface area contributed by atoms with Crippen LogP contribution in [0.2, 0.25) is 0 Å². The molecule has 0 radical (unpaired) electrons. The summed E-state index contributed by atoms with van der Waals surface area (Å²) in [6.07, 6.45) is 1.26. The van der Waals surface area contributed by atoms with Crippen LogP contribution >= 0.6 is 0 Å². The zero-order chi connectivity index (χ0) is 15.4. The molecule has 7 heteroatoms. The summed E-state index contributed by atoms with van der Waals surface area (Å²) in [5, 5.41) is 2.60. The Labute approximate surface area is 118 Å². The van der Waals surface area contributed by atoms with E-state index < -0.39 is 23.4 Å². The summed E-state index contributed by atoms with van der Waals surface area (Å²) in [7, 11) is 0. The molecule has 4 nitrogen and oxygen atoms in total. The quantitative estimate of drug-likeness (QED) is 0.694. The van der Waals surface area contributed by atoms with Crippen LogP contribution < -0.4 is 5.32 Å². The van der Waals surface area contributed by atoms with Gasteiger partial charge in [0, 0.05) is 24.0 Å². The fourth-order valence-corrected chi connectivity index (χ4v) is 1.58. The van der Waals surface area contributed by atoms with Crippen molar-refractivity contribution in [2.75, 3.05) is 11.9 Å². The minimum absolute atomic E-state index is 0.00258. The van der Waals surface area contributed by atoms with Gasteiger partial charge in [-0.3, -0.25) is 0 Å². The average Bonchev–Trinajstić information content (AvgIpc) is 2.45. The SMILES string of the molecule is CCOC(=O)c1ccc(Nc2cc(F)c(F)c(F)c2)nc1. The topological polar surface area (TPSA) is 51.2 Å². The maximum Gasteiger partial charge on any atom is 0.339 e. The van der Waals surface area contributed by atoms with Crippen molar-refractivity contribution in [1.82, 2.24) is 4.98 Å². The number of anilines is 2. The lowest BCUT2D eigenvalue weighted by Gasteiger charge is -2.07. The Kier molecular flexibility index (Phi) is 4.42. The van der Waals surface area contributed by atoms with Gasteiger partial charge in [-0.1, -0.05) is 0 Å². The normalized spacial score (nSPS) is 10.3. The number of hydrogen-bond donors (Lipinski definition) is 1. The molecular formula is C14H11F3N2O2. The number of ether oxygens (including phenoxy) is 1. The van der Waals surface area contributed by atoms with Gasteiger partial charge in [0.1, 0.15) is 5.82 Å². The molecule has 0 saturated heterocycles. The Hall–Kier alpha value is -2.57. The van der Waals surface area contributed by atoms with Crippen LogP contribution in [0.25, 0.3) is 0 Å². The maximum atomic E-state index is 13.1. The van der Waals surface area contributed by atoms with E-state index in [2.05, 4.69) is 10.3 Å². The van der Waals surface area contributed by atoms with E-state index in [1.54, 1.807) is 6.92 Å². The van der Waals surface area contributed by atoms with E-state index in [0.717, 1.165) is 12.1 Å². The van der Waals surface area contributed by atoms with Crippen molar-refractivity contribution < 1.29 is 22.7 Å². The lowest BCUT2D eigenvalue weighted by Crippen LogP contribution is -2.05. The fourth-order valence-electron chi connectivity index (χ4n) is 1.58. The van der Waals surface area contributed by atoms with Gasteiger partial charge in [0.2, 0.25) is 0 Å². The molecule has 0 atom stereocenters. The Morgan fingerprint density at radius 2 is 1.90 bits per heavy atom. The van der Waals surface area contributed by atoms with Crippen LogP contribution in [-0.4, -0.2) is 17.6 Å². The Morgan fingerprint density at radius 1 is 1.24 bits per heavy atom. The number of esters is 1. The molecule has 0 amide bonds. The van der Waals surface area contributed by atoms with Crippen molar-refractivity contribution in [1.29, 1.82) is 0 Å². The van der Waals surface area contributed by atoms with E-state index >= 15 is 0 Å². The number of nitrogens with zero attached hydrogens (tertiary/aromatic N) is 1. The standard InChI is InChI=1S/C14H11F3N2O2/c1-2-21-14(20)8-3-4-12(18-7-8)19-9-5-10(15)13(17)11(16)6-9/h3-7H,2H2,1H3,(H,18,19). The van der Waals surface area contributed by atoms with Crippen LogP contribution in [0.4, 0.5) is 24.7 Å². The number of aromatic nitrogens is 1. The van der Waals surface area contributed by atoms with Crippen LogP contribution in [0.5, 0.6) is 0 Å². The highest BCUT2D eigenvalue weighted by molar-refractivity contribution is 5.89. The first-order valence-electron chi connectivity index (χ1n) is 6.06. The van der Waals surface area contributed by atoms with Crippen LogP contribution in [0.3, 0.4) is 0 Å². The molecule has 1 aromatic carbocycles. The summed E-state index contributed by atoms with van der Waals surface area (Å²) >= 11 is 0. The van der Waals surface area contributed by atoms with Crippen LogP contribution in [0.15, 0.2) is 30.5 Å². The molecule has 0 aliphatic heterocycles. The van der Waals surface area contributed by atoms with E-state index in [1.807, 2.05) is 0 Å². The van der Waals surface area contributed by atoms with Gasteiger partial charge in [-0.05, 0) is 19.1 Å². The zero-order valence-electron chi connectivity index (χ0n) is 11.0. The molecule has 0 bridgehead atoms. The van der Waals surface area contributed by atoms with Crippen LogP contribution in [0.1, 0.15) is 17.3 Å². The number of benzene rings is 1. The van der Waals surface area contributed by atoms with E-state index in [1.165, 1.54) is 18.3 Å². The van der Waals surface area contributed by atoms with Crippen LogP contribution in [0, 0.1) is 17.5 Å². The third kappa shape index (κ3) is 3.50. The summed E-state index contributed by atoms with van der Waals surface area (Å²) in [5.41, 5.74) is 0.252. The molecule has 0 aliphatic carbocycles. The molecule has 2 rings (SSSR count). The molecule has 21 heavy (non-hydrogen) atoms.